The molecule has 0 bridgehead atoms. The van der Waals surface area contributed by atoms with Crippen LogP contribution in [0.15, 0.2) is 103 Å². The average Bonchev–Trinajstić information content (AvgIpc) is 2.91. The molecule has 0 saturated heterocycles. The number of carbonyl (C=O) groups excluding carboxylic acids is 1. The Kier molecular flexibility index (Phi) is 6.14. The first-order valence-electron chi connectivity index (χ1n) is 11.1. The zero-order valence-electron chi connectivity index (χ0n) is 18.8. The number of amides is 1. The molecule has 0 unspecified atom stereocenters. The van der Waals surface area contributed by atoms with Crippen molar-refractivity contribution in [3.05, 3.63) is 131 Å². The zero-order chi connectivity index (χ0) is 24.0. The van der Waals surface area contributed by atoms with Crippen LogP contribution >= 0.6 is 0 Å². The maximum atomic E-state index is 12.7. The molecule has 6 nitrogen and oxygen atoms in total. The number of nitrogens with one attached hydrogen (secondary N) is 2. The van der Waals surface area contributed by atoms with E-state index in [0.29, 0.717) is 17.1 Å². The smallest absolute Gasteiger partial charge is 0.257 e. The van der Waals surface area contributed by atoms with Crippen molar-refractivity contribution in [3.8, 4) is 0 Å². The minimum atomic E-state index is -0.226. The van der Waals surface area contributed by atoms with Crippen LogP contribution in [0.5, 0.6) is 0 Å². The summed E-state index contributed by atoms with van der Waals surface area (Å²) in [6, 6.07) is 28.8. The maximum absolute atomic E-state index is 12.7. The number of hydrogen-bond donors (Lipinski definition) is 2. The summed E-state index contributed by atoms with van der Waals surface area (Å²) >= 11 is 0. The van der Waals surface area contributed by atoms with Crippen molar-refractivity contribution in [2.75, 3.05) is 10.6 Å². The Labute approximate surface area is 203 Å². The van der Waals surface area contributed by atoms with Crippen molar-refractivity contribution in [1.29, 1.82) is 0 Å². The highest BCUT2D eigenvalue weighted by atomic mass is 16.1. The molecule has 168 valence electrons. The lowest BCUT2D eigenvalue weighted by atomic mass is 10.0. The quantitative estimate of drug-likeness (QED) is 0.277. The van der Waals surface area contributed by atoms with Crippen LogP contribution < -0.4 is 10.6 Å². The third-order valence-electron chi connectivity index (χ3n) is 5.61. The van der Waals surface area contributed by atoms with Gasteiger partial charge in [0.05, 0.1) is 17.7 Å². The normalized spacial score (nSPS) is 10.5. The lowest BCUT2D eigenvalue weighted by Crippen LogP contribution is -2.12. The molecule has 1 amide bonds. The summed E-state index contributed by atoms with van der Waals surface area (Å²) in [6.07, 6.45) is 4.09. The van der Waals surface area contributed by atoms with E-state index >= 15 is 0 Å². The van der Waals surface area contributed by atoms with Gasteiger partial charge in [-0.25, -0.2) is 9.83 Å². The fourth-order valence-corrected chi connectivity index (χ4v) is 3.79. The number of nitrogens with zero attached hydrogens (tertiary/aromatic N) is 3. The predicted molar refractivity (Wildman–Crippen MR) is 139 cm³/mol. The molecule has 0 aliphatic rings. The molecule has 2 N–H and O–H groups in total. The topological polar surface area (TPSA) is 71.3 Å². The van der Waals surface area contributed by atoms with Crippen LogP contribution in [0.1, 0.15) is 21.5 Å². The summed E-state index contributed by atoms with van der Waals surface area (Å²) < 4.78 is 0. The largest absolute Gasteiger partial charge is 0.340 e. The number of anilines is 3. The van der Waals surface area contributed by atoms with E-state index in [4.69, 9.17) is 6.57 Å². The minimum absolute atomic E-state index is 0.226. The number of benzene rings is 3. The first-order valence-corrected chi connectivity index (χ1v) is 11.1. The van der Waals surface area contributed by atoms with Gasteiger partial charge in [0.1, 0.15) is 5.82 Å². The van der Waals surface area contributed by atoms with Crippen molar-refractivity contribution < 1.29 is 4.79 Å². The summed E-state index contributed by atoms with van der Waals surface area (Å²) in [5.74, 6) is 0.364. The van der Waals surface area contributed by atoms with Gasteiger partial charge in [-0.3, -0.25) is 9.78 Å². The first kappa shape index (κ1) is 21.8. The second-order valence-corrected chi connectivity index (χ2v) is 8.04. The lowest BCUT2D eigenvalue weighted by molar-refractivity contribution is 0.102. The fourth-order valence-electron chi connectivity index (χ4n) is 3.79. The second-order valence-electron chi connectivity index (χ2n) is 8.04. The highest BCUT2D eigenvalue weighted by Crippen LogP contribution is 2.28. The highest BCUT2D eigenvalue weighted by Gasteiger charge is 2.09. The molecule has 0 aliphatic heterocycles. The number of pyridine rings is 2. The van der Waals surface area contributed by atoms with Gasteiger partial charge in [0, 0.05) is 29.2 Å². The van der Waals surface area contributed by atoms with E-state index < -0.39 is 0 Å². The SMILES string of the molecule is [C-]#[N+]c1ccc2nccc(Nc3ccc(C(=O)Nc4ccc(Cc5ccccc5)cc4)cn3)c2c1. The van der Waals surface area contributed by atoms with Gasteiger partial charge in [-0.15, -0.1) is 0 Å². The van der Waals surface area contributed by atoms with Gasteiger partial charge < -0.3 is 10.6 Å². The third-order valence-corrected chi connectivity index (χ3v) is 5.61. The molecule has 3 aromatic carbocycles. The number of rotatable bonds is 6. The molecule has 0 fully saturated rings. The monoisotopic (exact) mass is 455 g/mol. The van der Waals surface area contributed by atoms with Gasteiger partial charge >= 0.3 is 0 Å². The van der Waals surface area contributed by atoms with Gasteiger partial charge in [-0.1, -0.05) is 48.5 Å². The standard InChI is InChI=1S/C29H21N5O/c1-30-24-12-13-26-25(18-24)27(15-16-31-26)34-28-14-9-22(19-32-28)29(35)33-23-10-7-21(8-11-23)17-20-5-3-2-4-6-20/h2-16,18-19H,17H2,(H,33,35)(H,31,32,34). The highest BCUT2D eigenvalue weighted by molar-refractivity contribution is 6.04. The Bertz CT molecular complexity index is 1520. The van der Waals surface area contributed by atoms with E-state index in [0.717, 1.165) is 28.7 Å². The van der Waals surface area contributed by atoms with E-state index in [9.17, 15) is 4.79 Å². The van der Waals surface area contributed by atoms with Gasteiger partial charge in [-0.05, 0) is 60.0 Å². The molecule has 2 aromatic heterocycles. The van der Waals surface area contributed by atoms with Crippen molar-refractivity contribution >= 4 is 39.7 Å². The van der Waals surface area contributed by atoms with E-state index in [1.54, 1.807) is 30.5 Å². The fraction of sp³-hybridized carbons (Fsp3) is 0.0345. The van der Waals surface area contributed by atoms with E-state index in [1.807, 2.05) is 54.6 Å². The molecule has 2 heterocycles. The Morgan fingerprint density at radius 3 is 2.40 bits per heavy atom. The van der Waals surface area contributed by atoms with Crippen LogP contribution in [0, 0.1) is 6.57 Å². The minimum Gasteiger partial charge on any atom is -0.340 e. The Balaban J connectivity index is 1.25. The number of fused-ring (bicyclic) bond motifs is 1. The van der Waals surface area contributed by atoms with Gasteiger partial charge in [0.2, 0.25) is 0 Å². The zero-order valence-corrected chi connectivity index (χ0v) is 18.8. The molecule has 0 radical (unpaired) electrons. The summed E-state index contributed by atoms with van der Waals surface area (Å²) in [5.41, 5.74) is 5.73. The first-order chi connectivity index (χ1) is 17.2. The molecule has 0 atom stereocenters. The van der Waals surface area contributed by atoms with Gasteiger partial charge in [-0.2, -0.15) is 0 Å². The molecule has 0 aliphatic carbocycles. The van der Waals surface area contributed by atoms with Crippen molar-refractivity contribution in [1.82, 2.24) is 9.97 Å². The van der Waals surface area contributed by atoms with Crippen LogP contribution in [-0.4, -0.2) is 15.9 Å². The average molecular weight is 456 g/mol. The summed E-state index contributed by atoms with van der Waals surface area (Å²) in [7, 11) is 0. The van der Waals surface area contributed by atoms with Crippen molar-refractivity contribution in [2.45, 2.75) is 6.42 Å². The number of carbonyl (C=O) groups is 1. The summed E-state index contributed by atoms with van der Waals surface area (Å²) in [4.78, 5) is 24.9. The van der Waals surface area contributed by atoms with Crippen LogP contribution in [0.4, 0.5) is 22.9 Å². The third kappa shape index (κ3) is 5.15. The van der Waals surface area contributed by atoms with E-state index in [-0.39, 0.29) is 5.91 Å². The van der Waals surface area contributed by atoms with E-state index in [2.05, 4.69) is 37.6 Å². The lowest BCUT2D eigenvalue weighted by Gasteiger charge is -2.10. The second kappa shape index (κ2) is 9.86. The van der Waals surface area contributed by atoms with Crippen molar-refractivity contribution in [3.63, 3.8) is 0 Å². The summed E-state index contributed by atoms with van der Waals surface area (Å²) in [5, 5.41) is 7.01. The molecule has 35 heavy (non-hydrogen) atoms. The predicted octanol–water partition coefficient (Wildman–Crippen LogP) is 6.77. The Hall–Kier alpha value is -5.02. The molecule has 5 rings (SSSR count). The maximum Gasteiger partial charge on any atom is 0.257 e. The van der Waals surface area contributed by atoms with E-state index in [1.165, 1.54) is 17.3 Å². The van der Waals surface area contributed by atoms with Gasteiger partial charge in [0.15, 0.2) is 5.69 Å². The van der Waals surface area contributed by atoms with Gasteiger partial charge in [0.25, 0.3) is 5.91 Å². The van der Waals surface area contributed by atoms with Crippen LogP contribution in [0.3, 0.4) is 0 Å². The Morgan fingerprint density at radius 2 is 1.66 bits per heavy atom. The molecule has 0 spiro atoms. The molecular weight excluding hydrogens is 434 g/mol. The summed E-state index contributed by atoms with van der Waals surface area (Å²) in [6.45, 7) is 7.24. The molecule has 5 aromatic rings. The molecule has 0 saturated carbocycles. The van der Waals surface area contributed by atoms with Crippen LogP contribution in [0.25, 0.3) is 15.7 Å². The van der Waals surface area contributed by atoms with Crippen molar-refractivity contribution in [2.24, 2.45) is 0 Å². The molecular formula is C29H21N5O. The number of aromatic nitrogens is 2. The van der Waals surface area contributed by atoms with Crippen LogP contribution in [0.2, 0.25) is 0 Å². The number of hydrogen-bond acceptors (Lipinski definition) is 4. The van der Waals surface area contributed by atoms with Crippen LogP contribution in [-0.2, 0) is 6.42 Å². The Morgan fingerprint density at radius 1 is 0.857 bits per heavy atom. The molecule has 6 heteroatoms.